The highest BCUT2D eigenvalue weighted by Crippen LogP contribution is 2.18. The van der Waals surface area contributed by atoms with E-state index in [4.69, 9.17) is 0 Å². The van der Waals surface area contributed by atoms with Crippen LogP contribution >= 0.6 is 0 Å². The molecule has 18 heavy (non-hydrogen) atoms. The minimum absolute atomic E-state index is 0.348. The molecule has 0 aliphatic carbocycles. The van der Waals surface area contributed by atoms with E-state index in [1.807, 2.05) is 18.2 Å². The first-order valence-corrected chi connectivity index (χ1v) is 6.88. The van der Waals surface area contributed by atoms with Crippen LogP contribution in [0.3, 0.4) is 0 Å². The van der Waals surface area contributed by atoms with E-state index in [0.717, 1.165) is 24.6 Å². The standard InChI is InChI=1S/C15H24N2O/c1-12(2)17-7-6-14(11-17)10-16-9-13-4-3-5-15(18)8-13/h3-5,8,12,14,16,18H,6-7,9-11H2,1-2H3. The summed E-state index contributed by atoms with van der Waals surface area (Å²) in [6.07, 6.45) is 1.30. The summed E-state index contributed by atoms with van der Waals surface area (Å²) in [6, 6.07) is 8.13. The van der Waals surface area contributed by atoms with E-state index in [1.165, 1.54) is 19.5 Å². The van der Waals surface area contributed by atoms with Gasteiger partial charge in [-0.1, -0.05) is 12.1 Å². The molecule has 2 rings (SSSR count). The highest BCUT2D eigenvalue weighted by molar-refractivity contribution is 5.26. The lowest BCUT2D eigenvalue weighted by Gasteiger charge is -2.20. The minimum Gasteiger partial charge on any atom is -0.508 e. The Morgan fingerprint density at radius 2 is 2.28 bits per heavy atom. The number of likely N-dealkylation sites (tertiary alicyclic amines) is 1. The maximum absolute atomic E-state index is 9.39. The summed E-state index contributed by atoms with van der Waals surface area (Å²) in [7, 11) is 0. The van der Waals surface area contributed by atoms with Crippen LogP contribution in [0.25, 0.3) is 0 Å². The second kappa shape index (κ2) is 6.21. The van der Waals surface area contributed by atoms with Crippen molar-refractivity contribution in [3.05, 3.63) is 29.8 Å². The Morgan fingerprint density at radius 1 is 1.44 bits per heavy atom. The maximum Gasteiger partial charge on any atom is 0.115 e. The molecule has 1 atom stereocenters. The molecule has 2 N–H and O–H groups in total. The lowest BCUT2D eigenvalue weighted by Crippen LogP contribution is -2.30. The van der Waals surface area contributed by atoms with Gasteiger partial charge in [0.05, 0.1) is 0 Å². The van der Waals surface area contributed by atoms with Crippen molar-refractivity contribution >= 4 is 0 Å². The van der Waals surface area contributed by atoms with Crippen LogP contribution in [0, 0.1) is 5.92 Å². The molecule has 3 nitrogen and oxygen atoms in total. The second-order valence-corrected chi connectivity index (χ2v) is 5.54. The largest absolute Gasteiger partial charge is 0.508 e. The van der Waals surface area contributed by atoms with Crippen LogP contribution in [-0.4, -0.2) is 35.7 Å². The van der Waals surface area contributed by atoms with Gasteiger partial charge in [0.25, 0.3) is 0 Å². The Morgan fingerprint density at radius 3 is 2.94 bits per heavy atom. The molecule has 1 unspecified atom stereocenters. The lowest BCUT2D eigenvalue weighted by atomic mass is 10.1. The fourth-order valence-corrected chi connectivity index (χ4v) is 2.59. The van der Waals surface area contributed by atoms with Crippen molar-refractivity contribution in [3.63, 3.8) is 0 Å². The van der Waals surface area contributed by atoms with Crippen molar-refractivity contribution in [2.75, 3.05) is 19.6 Å². The molecule has 1 aromatic carbocycles. The minimum atomic E-state index is 0.348. The van der Waals surface area contributed by atoms with Crippen molar-refractivity contribution in [3.8, 4) is 5.75 Å². The molecule has 1 fully saturated rings. The van der Waals surface area contributed by atoms with Crippen molar-refractivity contribution in [1.29, 1.82) is 0 Å². The zero-order chi connectivity index (χ0) is 13.0. The van der Waals surface area contributed by atoms with Crippen molar-refractivity contribution in [2.24, 2.45) is 5.92 Å². The summed E-state index contributed by atoms with van der Waals surface area (Å²) >= 11 is 0. The summed E-state index contributed by atoms with van der Waals surface area (Å²) in [4.78, 5) is 2.54. The Bertz CT molecular complexity index is 379. The Hall–Kier alpha value is -1.06. The topological polar surface area (TPSA) is 35.5 Å². The second-order valence-electron chi connectivity index (χ2n) is 5.54. The van der Waals surface area contributed by atoms with Gasteiger partial charge in [0.1, 0.15) is 5.75 Å². The van der Waals surface area contributed by atoms with Gasteiger partial charge in [-0.15, -0.1) is 0 Å². The number of phenolic OH excluding ortho intramolecular Hbond substituents is 1. The average Bonchev–Trinajstić information content (AvgIpc) is 2.78. The average molecular weight is 248 g/mol. The third kappa shape index (κ3) is 3.72. The predicted octanol–water partition coefficient (Wildman–Crippen LogP) is 2.21. The molecule has 1 saturated heterocycles. The van der Waals surface area contributed by atoms with Gasteiger partial charge in [0, 0.05) is 19.1 Å². The molecule has 1 aromatic rings. The van der Waals surface area contributed by atoms with Gasteiger partial charge in [-0.05, 0) is 57.0 Å². The number of aromatic hydroxyl groups is 1. The Labute approximate surface area is 110 Å². The third-order valence-corrected chi connectivity index (χ3v) is 3.72. The molecular weight excluding hydrogens is 224 g/mol. The summed E-state index contributed by atoms with van der Waals surface area (Å²) < 4.78 is 0. The van der Waals surface area contributed by atoms with Crippen LogP contribution < -0.4 is 5.32 Å². The molecule has 100 valence electrons. The van der Waals surface area contributed by atoms with E-state index in [-0.39, 0.29) is 0 Å². The highest BCUT2D eigenvalue weighted by Gasteiger charge is 2.23. The first kappa shape index (κ1) is 13.4. The van der Waals surface area contributed by atoms with Gasteiger partial charge >= 0.3 is 0 Å². The lowest BCUT2D eigenvalue weighted by molar-refractivity contribution is 0.264. The van der Waals surface area contributed by atoms with E-state index in [1.54, 1.807) is 6.07 Å². The number of benzene rings is 1. The molecule has 1 heterocycles. The molecule has 0 radical (unpaired) electrons. The van der Waals surface area contributed by atoms with E-state index in [9.17, 15) is 5.11 Å². The summed E-state index contributed by atoms with van der Waals surface area (Å²) in [6.45, 7) is 8.89. The van der Waals surface area contributed by atoms with Crippen molar-refractivity contribution < 1.29 is 5.11 Å². The van der Waals surface area contributed by atoms with Crippen LogP contribution in [0.1, 0.15) is 25.8 Å². The number of phenols is 1. The van der Waals surface area contributed by atoms with E-state index < -0.39 is 0 Å². The third-order valence-electron chi connectivity index (χ3n) is 3.72. The molecule has 0 amide bonds. The molecule has 0 bridgehead atoms. The van der Waals surface area contributed by atoms with Crippen LogP contribution in [0.2, 0.25) is 0 Å². The van der Waals surface area contributed by atoms with Crippen LogP contribution in [0.4, 0.5) is 0 Å². The van der Waals surface area contributed by atoms with Gasteiger partial charge in [-0.3, -0.25) is 0 Å². The monoisotopic (exact) mass is 248 g/mol. The van der Waals surface area contributed by atoms with Crippen LogP contribution in [0.15, 0.2) is 24.3 Å². The number of hydrogen-bond donors (Lipinski definition) is 2. The SMILES string of the molecule is CC(C)N1CCC(CNCc2cccc(O)c2)C1. The van der Waals surface area contributed by atoms with E-state index in [2.05, 4.69) is 24.1 Å². The molecule has 1 aliphatic rings. The van der Waals surface area contributed by atoms with Gasteiger partial charge in [0.2, 0.25) is 0 Å². The fourth-order valence-electron chi connectivity index (χ4n) is 2.59. The van der Waals surface area contributed by atoms with Gasteiger partial charge < -0.3 is 15.3 Å². The number of hydrogen-bond acceptors (Lipinski definition) is 3. The fraction of sp³-hybridized carbons (Fsp3) is 0.600. The number of nitrogens with zero attached hydrogens (tertiary/aromatic N) is 1. The number of rotatable bonds is 5. The molecule has 3 heteroatoms. The molecule has 1 aliphatic heterocycles. The van der Waals surface area contributed by atoms with Crippen molar-refractivity contribution in [2.45, 2.75) is 32.9 Å². The maximum atomic E-state index is 9.39. The zero-order valence-corrected chi connectivity index (χ0v) is 11.4. The quantitative estimate of drug-likeness (QED) is 0.838. The summed E-state index contributed by atoms with van der Waals surface area (Å²) in [5.41, 5.74) is 1.15. The molecule has 0 saturated carbocycles. The number of nitrogens with one attached hydrogen (secondary N) is 1. The summed E-state index contributed by atoms with van der Waals surface area (Å²) in [5, 5.41) is 12.9. The van der Waals surface area contributed by atoms with E-state index >= 15 is 0 Å². The molecular formula is C15H24N2O. The van der Waals surface area contributed by atoms with Crippen LogP contribution in [0.5, 0.6) is 5.75 Å². The van der Waals surface area contributed by atoms with E-state index in [0.29, 0.717) is 11.8 Å². The molecule has 0 aromatic heterocycles. The van der Waals surface area contributed by atoms with Gasteiger partial charge in [-0.25, -0.2) is 0 Å². The predicted molar refractivity (Wildman–Crippen MR) is 74.6 cm³/mol. The Kier molecular flexibility index (Phi) is 4.61. The first-order chi connectivity index (χ1) is 8.65. The smallest absolute Gasteiger partial charge is 0.115 e. The zero-order valence-electron chi connectivity index (χ0n) is 11.4. The normalized spacial score (nSPS) is 20.7. The highest BCUT2D eigenvalue weighted by atomic mass is 16.3. The van der Waals surface area contributed by atoms with Crippen molar-refractivity contribution in [1.82, 2.24) is 10.2 Å². The first-order valence-electron chi connectivity index (χ1n) is 6.88. The van der Waals surface area contributed by atoms with Gasteiger partial charge in [-0.2, -0.15) is 0 Å². The molecule has 0 spiro atoms. The van der Waals surface area contributed by atoms with Gasteiger partial charge in [0.15, 0.2) is 0 Å². The van der Waals surface area contributed by atoms with Crippen LogP contribution in [-0.2, 0) is 6.54 Å². The summed E-state index contributed by atoms with van der Waals surface area (Å²) in [5.74, 6) is 1.12. The Balaban J connectivity index is 1.70.